The third-order valence-electron chi connectivity index (χ3n) is 2.87. The summed E-state index contributed by atoms with van der Waals surface area (Å²) in [5, 5.41) is 9.85. The summed E-state index contributed by atoms with van der Waals surface area (Å²) in [5.41, 5.74) is 0. The van der Waals surface area contributed by atoms with Gasteiger partial charge in [-0.1, -0.05) is 13.8 Å². The van der Waals surface area contributed by atoms with E-state index >= 15 is 0 Å². The van der Waals surface area contributed by atoms with Crippen molar-refractivity contribution in [2.24, 2.45) is 0 Å². The summed E-state index contributed by atoms with van der Waals surface area (Å²) in [4.78, 5) is 2.17. The number of ether oxygens (including phenoxy) is 2. The van der Waals surface area contributed by atoms with Crippen LogP contribution in [0.5, 0.6) is 11.5 Å². The van der Waals surface area contributed by atoms with E-state index in [-0.39, 0.29) is 12.4 Å². The summed E-state index contributed by atoms with van der Waals surface area (Å²) in [6.45, 7) is 7.00. The number of hydrogen-bond donors (Lipinski definition) is 1. The minimum absolute atomic E-state index is 0. The first kappa shape index (κ1) is 18.0. The van der Waals surface area contributed by atoms with Crippen LogP contribution in [0, 0.1) is 0 Å². The van der Waals surface area contributed by atoms with Crippen molar-refractivity contribution in [3.05, 3.63) is 24.3 Å². The van der Waals surface area contributed by atoms with E-state index in [0.29, 0.717) is 13.2 Å². The van der Waals surface area contributed by atoms with Crippen molar-refractivity contribution in [1.29, 1.82) is 0 Å². The standard InChI is InChI=1S/C14H23NO3.ClH/c1-4-15(5-2)10-12(16)11-18-14-8-6-13(17-3)7-9-14;/h6-9,12,16H,4-5,10-11H2,1-3H3;1H. The lowest BCUT2D eigenvalue weighted by Crippen LogP contribution is -2.35. The van der Waals surface area contributed by atoms with Crippen LogP contribution < -0.4 is 9.47 Å². The zero-order chi connectivity index (χ0) is 13.4. The molecule has 0 heterocycles. The van der Waals surface area contributed by atoms with Crippen LogP contribution in [-0.4, -0.2) is 49.5 Å². The Kier molecular flexibility index (Phi) is 9.39. The molecule has 1 aromatic rings. The first-order chi connectivity index (χ1) is 8.69. The maximum atomic E-state index is 9.85. The van der Waals surface area contributed by atoms with Gasteiger partial charge in [-0.15, -0.1) is 12.4 Å². The van der Waals surface area contributed by atoms with Crippen LogP contribution in [0.4, 0.5) is 0 Å². The molecular weight excluding hydrogens is 266 g/mol. The molecule has 0 amide bonds. The molecule has 0 aliphatic rings. The molecule has 1 rings (SSSR count). The Morgan fingerprint density at radius 1 is 1.11 bits per heavy atom. The van der Waals surface area contributed by atoms with E-state index in [4.69, 9.17) is 9.47 Å². The summed E-state index contributed by atoms with van der Waals surface area (Å²) in [7, 11) is 1.63. The van der Waals surface area contributed by atoms with Crippen molar-refractivity contribution in [2.75, 3.05) is 33.4 Å². The van der Waals surface area contributed by atoms with Crippen LogP contribution in [0.2, 0.25) is 0 Å². The zero-order valence-corrected chi connectivity index (χ0v) is 12.7. The summed E-state index contributed by atoms with van der Waals surface area (Å²) in [5.74, 6) is 1.54. The summed E-state index contributed by atoms with van der Waals surface area (Å²) in [6.07, 6.45) is -0.466. The fourth-order valence-electron chi connectivity index (χ4n) is 1.70. The molecule has 0 saturated carbocycles. The van der Waals surface area contributed by atoms with Crippen molar-refractivity contribution in [1.82, 2.24) is 4.90 Å². The topological polar surface area (TPSA) is 41.9 Å². The fraction of sp³-hybridized carbons (Fsp3) is 0.571. The van der Waals surface area contributed by atoms with Gasteiger partial charge in [-0.3, -0.25) is 0 Å². The number of rotatable bonds is 8. The van der Waals surface area contributed by atoms with E-state index in [1.54, 1.807) is 7.11 Å². The van der Waals surface area contributed by atoms with Crippen LogP contribution in [0.15, 0.2) is 24.3 Å². The van der Waals surface area contributed by atoms with E-state index in [1.165, 1.54) is 0 Å². The molecule has 110 valence electrons. The van der Waals surface area contributed by atoms with Crippen molar-refractivity contribution in [3.8, 4) is 11.5 Å². The normalized spacial score (nSPS) is 11.8. The van der Waals surface area contributed by atoms with E-state index in [1.807, 2.05) is 24.3 Å². The van der Waals surface area contributed by atoms with Gasteiger partial charge >= 0.3 is 0 Å². The number of aliphatic hydroxyl groups excluding tert-OH is 1. The highest BCUT2D eigenvalue weighted by atomic mass is 35.5. The molecule has 0 aliphatic carbocycles. The molecule has 0 radical (unpaired) electrons. The van der Waals surface area contributed by atoms with Crippen molar-refractivity contribution < 1.29 is 14.6 Å². The molecular formula is C14H24ClNO3. The van der Waals surface area contributed by atoms with Crippen LogP contribution in [0.25, 0.3) is 0 Å². The molecule has 1 N–H and O–H groups in total. The maximum Gasteiger partial charge on any atom is 0.119 e. The Morgan fingerprint density at radius 3 is 2.11 bits per heavy atom. The SMILES string of the molecule is CCN(CC)CC(O)COc1ccc(OC)cc1.Cl. The molecule has 0 spiro atoms. The number of benzene rings is 1. The molecule has 0 aromatic heterocycles. The Morgan fingerprint density at radius 2 is 1.63 bits per heavy atom. The van der Waals surface area contributed by atoms with Gasteiger partial charge in [-0.25, -0.2) is 0 Å². The third kappa shape index (κ3) is 6.66. The minimum atomic E-state index is -0.466. The number of hydrogen-bond acceptors (Lipinski definition) is 4. The molecule has 1 aromatic carbocycles. The summed E-state index contributed by atoms with van der Waals surface area (Å²) < 4.78 is 10.6. The highest BCUT2D eigenvalue weighted by molar-refractivity contribution is 5.85. The van der Waals surface area contributed by atoms with Gasteiger partial charge in [0.2, 0.25) is 0 Å². The molecule has 0 saturated heterocycles. The van der Waals surface area contributed by atoms with Gasteiger partial charge in [0.05, 0.1) is 7.11 Å². The van der Waals surface area contributed by atoms with Gasteiger partial charge < -0.3 is 19.5 Å². The first-order valence-corrected chi connectivity index (χ1v) is 6.36. The lowest BCUT2D eigenvalue weighted by atomic mass is 10.3. The van der Waals surface area contributed by atoms with Crippen molar-refractivity contribution >= 4 is 12.4 Å². The molecule has 0 aliphatic heterocycles. The molecule has 0 bridgehead atoms. The number of halogens is 1. The lowest BCUT2D eigenvalue weighted by Gasteiger charge is -2.21. The third-order valence-corrected chi connectivity index (χ3v) is 2.87. The van der Waals surface area contributed by atoms with Crippen LogP contribution in [-0.2, 0) is 0 Å². The average Bonchev–Trinajstić information content (AvgIpc) is 2.43. The molecule has 1 unspecified atom stereocenters. The first-order valence-electron chi connectivity index (χ1n) is 6.36. The van der Waals surface area contributed by atoms with Gasteiger partial charge in [0, 0.05) is 6.54 Å². The Balaban J connectivity index is 0.00000324. The predicted molar refractivity (Wildman–Crippen MR) is 79.5 cm³/mol. The van der Waals surface area contributed by atoms with Gasteiger partial charge in [0.1, 0.15) is 24.2 Å². The Labute approximate surface area is 121 Å². The lowest BCUT2D eigenvalue weighted by molar-refractivity contribution is 0.0716. The highest BCUT2D eigenvalue weighted by Gasteiger charge is 2.09. The Hall–Kier alpha value is -0.970. The second-order valence-electron chi connectivity index (χ2n) is 4.13. The largest absolute Gasteiger partial charge is 0.497 e. The molecule has 0 fully saturated rings. The average molecular weight is 290 g/mol. The van der Waals surface area contributed by atoms with Gasteiger partial charge in [-0.2, -0.15) is 0 Å². The van der Waals surface area contributed by atoms with E-state index in [0.717, 1.165) is 24.6 Å². The molecule has 19 heavy (non-hydrogen) atoms. The highest BCUT2D eigenvalue weighted by Crippen LogP contribution is 2.17. The second-order valence-corrected chi connectivity index (χ2v) is 4.13. The van der Waals surface area contributed by atoms with Gasteiger partial charge in [0.25, 0.3) is 0 Å². The number of nitrogens with zero attached hydrogens (tertiary/aromatic N) is 1. The molecule has 1 atom stereocenters. The van der Waals surface area contributed by atoms with Crippen LogP contribution >= 0.6 is 12.4 Å². The predicted octanol–water partition coefficient (Wildman–Crippen LogP) is 2.20. The van der Waals surface area contributed by atoms with E-state index < -0.39 is 6.10 Å². The van der Waals surface area contributed by atoms with Crippen LogP contribution in [0.1, 0.15) is 13.8 Å². The summed E-state index contributed by atoms with van der Waals surface area (Å²) in [6, 6.07) is 7.35. The molecule has 5 heteroatoms. The van der Waals surface area contributed by atoms with E-state index in [2.05, 4.69) is 18.7 Å². The second kappa shape index (κ2) is 9.89. The van der Waals surface area contributed by atoms with Gasteiger partial charge in [0.15, 0.2) is 0 Å². The van der Waals surface area contributed by atoms with Crippen LogP contribution in [0.3, 0.4) is 0 Å². The maximum absolute atomic E-state index is 9.85. The van der Waals surface area contributed by atoms with Crippen molar-refractivity contribution in [2.45, 2.75) is 20.0 Å². The fourth-order valence-corrected chi connectivity index (χ4v) is 1.70. The van der Waals surface area contributed by atoms with Crippen molar-refractivity contribution in [3.63, 3.8) is 0 Å². The number of likely N-dealkylation sites (N-methyl/N-ethyl adjacent to an activating group) is 1. The quantitative estimate of drug-likeness (QED) is 0.797. The smallest absolute Gasteiger partial charge is 0.119 e. The summed E-state index contributed by atoms with van der Waals surface area (Å²) >= 11 is 0. The minimum Gasteiger partial charge on any atom is -0.497 e. The zero-order valence-electron chi connectivity index (χ0n) is 11.8. The van der Waals surface area contributed by atoms with Gasteiger partial charge in [-0.05, 0) is 37.4 Å². The number of methoxy groups -OCH3 is 1. The Bertz CT molecular complexity index is 328. The molecule has 4 nitrogen and oxygen atoms in total. The number of aliphatic hydroxyl groups is 1. The monoisotopic (exact) mass is 289 g/mol. The van der Waals surface area contributed by atoms with E-state index in [9.17, 15) is 5.11 Å².